The number of phenols is 1. The lowest BCUT2D eigenvalue weighted by molar-refractivity contribution is -0.118. The summed E-state index contributed by atoms with van der Waals surface area (Å²) in [7, 11) is 1.54. The third-order valence-electron chi connectivity index (χ3n) is 7.03. The van der Waals surface area contributed by atoms with Gasteiger partial charge in [-0.05, 0) is 77.4 Å². The molecule has 0 radical (unpaired) electrons. The van der Waals surface area contributed by atoms with E-state index in [4.69, 9.17) is 4.74 Å². The van der Waals surface area contributed by atoms with Crippen molar-refractivity contribution in [1.82, 2.24) is 5.32 Å². The van der Waals surface area contributed by atoms with E-state index in [1.807, 2.05) is 54.6 Å². The molecule has 1 atom stereocenters. The van der Waals surface area contributed by atoms with Gasteiger partial charge in [-0.25, -0.2) is 0 Å². The van der Waals surface area contributed by atoms with E-state index in [0.29, 0.717) is 22.7 Å². The average molecular weight is 586 g/mol. The summed E-state index contributed by atoms with van der Waals surface area (Å²) in [6.07, 6.45) is 0.167. The number of phenolic OH excluding ortho intramolecular Hbond substituents is 1. The van der Waals surface area contributed by atoms with Crippen LogP contribution in [0.4, 0.5) is 11.4 Å². The number of hydrogen-bond donors (Lipinski definition) is 4. The van der Waals surface area contributed by atoms with E-state index < -0.39 is 23.8 Å². The summed E-state index contributed by atoms with van der Waals surface area (Å²) < 4.78 is 5.15. The first kappa shape index (κ1) is 29.6. The second kappa shape index (κ2) is 13.8. The molecule has 5 aromatic carbocycles. The first-order valence-electron chi connectivity index (χ1n) is 14.0. The van der Waals surface area contributed by atoms with Crippen LogP contribution in [0.1, 0.15) is 26.3 Å². The van der Waals surface area contributed by atoms with Crippen molar-refractivity contribution in [2.24, 2.45) is 0 Å². The number of para-hydroxylation sites is 1. The third kappa shape index (κ3) is 7.49. The van der Waals surface area contributed by atoms with Crippen LogP contribution in [0, 0.1) is 0 Å². The number of amides is 3. The predicted molar refractivity (Wildman–Crippen MR) is 171 cm³/mol. The molecule has 0 heterocycles. The van der Waals surface area contributed by atoms with Crippen molar-refractivity contribution in [1.29, 1.82) is 0 Å². The molecule has 0 bridgehead atoms. The van der Waals surface area contributed by atoms with E-state index in [2.05, 4.69) is 16.0 Å². The highest BCUT2D eigenvalue weighted by Gasteiger charge is 2.24. The van der Waals surface area contributed by atoms with Crippen molar-refractivity contribution in [2.75, 3.05) is 17.7 Å². The Bertz CT molecular complexity index is 1740. The van der Waals surface area contributed by atoms with Gasteiger partial charge in [-0.1, -0.05) is 66.7 Å². The van der Waals surface area contributed by atoms with Crippen molar-refractivity contribution >= 4 is 29.1 Å². The standard InChI is InChI=1S/C36H31N3O5/c1-44-30-21-15-27(16-22-30)34(41)38-32-10-6-5-9-31(32)35(42)39-33(23-24-11-19-29(40)20-12-24)36(43)37-28-17-13-26(14-18-28)25-7-3-2-4-8-25/h2-22,33,40H,23H2,1H3,(H,37,43)(H,38,41)(H,39,42)/t33-/m0/s1. The maximum atomic E-state index is 13.6. The van der Waals surface area contributed by atoms with Crippen LogP contribution in [0.5, 0.6) is 11.5 Å². The number of carbonyl (C=O) groups excluding carboxylic acids is 3. The van der Waals surface area contributed by atoms with Crippen LogP contribution in [0.15, 0.2) is 127 Å². The summed E-state index contributed by atoms with van der Waals surface area (Å²) in [6.45, 7) is 0. The Balaban J connectivity index is 1.34. The number of aromatic hydroxyl groups is 1. The topological polar surface area (TPSA) is 117 Å². The van der Waals surface area contributed by atoms with Gasteiger partial charge in [-0.15, -0.1) is 0 Å². The lowest BCUT2D eigenvalue weighted by atomic mass is 10.0. The fraction of sp³-hybridized carbons (Fsp3) is 0.0833. The normalized spacial score (nSPS) is 11.2. The van der Waals surface area contributed by atoms with Crippen LogP contribution in [0.2, 0.25) is 0 Å². The minimum atomic E-state index is -0.966. The van der Waals surface area contributed by atoms with E-state index in [1.54, 1.807) is 67.8 Å². The van der Waals surface area contributed by atoms with Gasteiger partial charge in [-0.3, -0.25) is 14.4 Å². The van der Waals surface area contributed by atoms with E-state index in [1.165, 1.54) is 12.1 Å². The van der Waals surface area contributed by atoms with Crippen LogP contribution in [0.25, 0.3) is 11.1 Å². The van der Waals surface area contributed by atoms with Crippen molar-refractivity contribution in [3.63, 3.8) is 0 Å². The van der Waals surface area contributed by atoms with Gasteiger partial charge in [0.2, 0.25) is 5.91 Å². The van der Waals surface area contributed by atoms with Crippen molar-refractivity contribution in [3.8, 4) is 22.6 Å². The van der Waals surface area contributed by atoms with Crippen molar-refractivity contribution in [2.45, 2.75) is 12.5 Å². The van der Waals surface area contributed by atoms with Crippen molar-refractivity contribution in [3.05, 3.63) is 144 Å². The van der Waals surface area contributed by atoms with Gasteiger partial charge in [0.25, 0.3) is 11.8 Å². The zero-order valence-corrected chi connectivity index (χ0v) is 24.0. The lowest BCUT2D eigenvalue weighted by Gasteiger charge is -2.20. The number of methoxy groups -OCH3 is 1. The van der Waals surface area contributed by atoms with E-state index in [-0.39, 0.29) is 17.7 Å². The zero-order valence-electron chi connectivity index (χ0n) is 24.0. The first-order valence-corrected chi connectivity index (χ1v) is 14.0. The van der Waals surface area contributed by atoms with Gasteiger partial charge in [-0.2, -0.15) is 0 Å². The summed E-state index contributed by atoms with van der Waals surface area (Å²) >= 11 is 0. The second-order valence-corrected chi connectivity index (χ2v) is 10.1. The van der Waals surface area contributed by atoms with Gasteiger partial charge in [0.15, 0.2) is 0 Å². The Morgan fingerprint density at radius 2 is 1.32 bits per heavy atom. The van der Waals surface area contributed by atoms with Gasteiger partial charge in [0.1, 0.15) is 17.5 Å². The summed E-state index contributed by atoms with van der Waals surface area (Å²) in [5, 5.41) is 18.3. The molecule has 5 rings (SSSR count). The minimum absolute atomic E-state index is 0.0961. The molecule has 4 N–H and O–H groups in total. The molecular formula is C36H31N3O5. The molecule has 5 aromatic rings. The first-order chi connectivity index (χ1) is 21.4. The fourth-order valence-electron chi connectivity index (χ4n) is 4.65. The summed E-state index contributed by atoms with van der Waals surface area (Å²) in [5.41, 5.74) is 4.27. The largest absolute Gasteiger partial charge is 0.508 e. The van der Waals surface area contributed by atoms with Crippen LogP contribution < -0.4 is 20.7 Å². The van der Waals surface area contributed by atoms with Crippen LogP contribution >= 0.6 is 0 Å². The molecule has 0 aliphatic carbocycles. The molecule has 44 heavy (non-hydrogen) atoms. The summed E-state index contributed by atoms with van der Waals surface area (Å²) in [5.74, 6) is -0.636. The van der Waals surface area contributed by atoms with E-state index in [0.717, 1.165) is 16.7 Å². The SMILES string of the molecule is COc1ccc(C(=O)Nc2ccccc2C(=O)N[C@@H](Cc2ccc(O)cc2)C(=O)Nc2ccc(-c3ccccc3)cc2)cc1. The van der Waals surface area contributed by atoms with Crippen LogP contribution in [-0.4, -0.2) is 36.0 Å². The number of anilines is 2. The van der Waals surface area contributed by atoms with Gasteiger partial charge in [0, 0.05) is 17.7 Å². The zero-order chi connectivity index (χ0) is 30.9. The number of rotatable bonds is 10. The Morgan fingerprint density at radius 1 is 0.682 bits per heavy atom. The third-order valence-corrected chi connectivity index (χ3v) is 7.03. The van der Waals surface area contributed by atoms with Gasteiger partial charge < -0.3 is 25.8 Å². The Kier molecular flexibility index (Phi) is 9.32. The number of benzene rings is 5. The fourth-order valence-corrected chi connectivity index (χ4v) is 4.65. The number of carbonyl (C=O) groups is 3. The lowest BCUT2D eigenvalue weighted by Crippen LogP contribution is -2.45. The Hall–Kier alpha value is -5.89. The molecule has 0 fully saturated rings. The quantitative estimate of drug-likeness (QED) is 0.154. The Labute approximate surface area is 255 Å². The van der Waals surface area contributed by atoms with Crippen molar-refractivity contribution < 1.29 is 24.2 Å². The molecule has 220 valence electrons. The summed E-state index contributed by atoms with van der Waals surface area (Å²) in [6, 6.07) is 36.0. The van der Waals surface area contributed by atoms with Gasteiger partial charge >= 0.3 is 0 Å². The van der Waals surface area contributed by atoms with E-state index in [9.17, 15) is 19.5 Å². The highest BCUT2D eigenvalue weighted by molar-refractivity contribution is 6.10. The van der Waals surface area contributed by atoms with Gasteiger partial charge in [0.05, 0.1) is 18.4 Å². The molecule has 8 heteroatoms. The highest BCUT2D eigenvalue weighted by Crippen LogP contribution is 2.22. The predicted octanol–water partition coefficient (Wildman–Crippen LogP) is 6.30. The van der Waals surface area contributed by atoms with E-state index >= 15 is 0 Å². The molecule has 0 aliphatic rings. The average Bonchev–Trinajstić information content (AvgIpc) is 3.06. The molecule has 0 saturated heterocycles. The maximum absolute atomic E-state index is 13.6. The monoisotopic (exact) mass is 585 g/mol. The molecule has 0 unspecified atom stereocenters. The molecule has 0 aromatic heterocycles. The smallest absolute Gasteiger partial charge is 0.255 e. The second-order valence-electron chi connectivity index (χ2n) is 10.1. The highest BCUT2D eigenvalue weighted by atomic mass is 16.5. The molecular weight excluding hydrogens is 554 g/mol. The molecule has 3 amide bonds. The summed E-state index contributed by atoms with van der Waals surface area (Å²) in [4.78, 5) is 40.1. The molecule has 0 aliphatic heterocycles. The number of ether oxygens (including phenoxy) is 1. The Morgan fingerprint density at radius 3 is 2.00 bits per heavy atom. The molecule has 8 nitrogen and oxygen atoms in total. The molecule has 0 saturated carbocycles. The minimum Gasteiger partial charge on any atom is -0.508 e. The number of hydrogen-bond acceptors (Lipinski definition) is 5. The number of nitrogens with one attached hydrogen (secondary N) is 3. The maximum Gasteiger partial charge on any atom is 0.255 e. The van der Waals surface area contributed by atoms with Crippen LogP contribution in [-0.2, 0) is 11.2 Å². The van der Waals surface area contributed by atoms with Crippen LogP contribution in [0.3, 0.4) is 0 Å². The molecule has 0 spiro atoms.